The fourth-order valence-corrected chi connectivity index (χ4v) is 3.89. The van der Waals surface area contributed by atoms with Crippen LogP contribution in [0.4, 0.5) is 0 Å². The molecule has 1 unspecified atom stereocenters. The topological polar surface area (TPSA) is 33.5 Å². The Kier molecular flexibility index (Phi) is 4.15. The Morgan fingerprint density at radius 2 is 1.77 bits per heavy atom. The Morgan fingerprint density at radius 1 is 1.04 bits per heavy atom. The first-order valence-electron chi connectivity index (χ1n) is 9.07. The molecule has 1 aliphatic heterocycles. The summed E-state index contributed by atoms with van der Waals surface area (Å²) in [4.78, 5) is 15.4. The van der Waals surface area contributed by atoms with Crippen molar-refractivity contribution in [3.8, 4) is 0 Å². The molecule has 3 nitrogen and oxygen atoms in total. The van der Waals surface area contributed by atoms with Crippen molar-refractivity contribution in [2.24, 2.45) is 0 Å². The van der Waals surface area contributed by atoms with Crippen molar-refractivity contribution in [2.45, 2.75) is 33.2 Å². The van der Waals surface area contributed by atoms with Gasteiger partial charge >= 0.3 is 0 Å². The molecular formula is C23H23NO2. The predicted octanol–water partition coefficient (Wildman–Crippen LogP) is 4.99. The van der Waals surface area contributed by atoms with Crippen LogP contribution in [0.1, 0.15) is 50.2 Å². The van der Waals surface area contributed by atoms with Crippen LogP contribution in [0.25, 0.3) is 0 Å². The van der Waals surface area contributed by atoms with Crippen molar-refractivity contribution in [3.05, 3.63) is 93.9 Å². The molecule has 2 heterocycles. The lowest BCUT2D eigenvalue weighted by atomic mass is 9.87. The lowest BCUT2D eigenvalue weighted by Crippen LogP contribution is -2.40. The highest BCUT2D eigenvalue weighted by atomic mass is 16.3. The third kappa shape index (κ3) is 2.84. The van der Waals surface area contributed by atoms with Crippen molar-refractivity contribution < 1.29 is 9.21 Å². The van der Waals surface area contributed by atoms with Crippen LogP contribution in [0.3, 0.4) is 0 Å². The molecule has 132 valence electrons. The summed E-state index contributed by atoms with van der Waals surface area (Å²) in [5, 5.41) is 0. The van der Waals surface area contributed by atoms with Gasteiger partial charge in [-0.05, 0) is 49.9 Å². The van der Waals surface area contributed by atoms with Gasteiger partial charge in [0.1, 0.15) is 11.5 Å². The molecule has 26 heavy (non-hydrogen) atoms. The minimum Gasteiger partial charge on any atom is -0.466 e. The number of carbonyl (C=O) groups is 1. The van der Waals surface area contributed by atoms with Crippen molar-refractivity contribution in [1.29, 1.82) is 0 Å². The number of hydrogen-bond donors (Lipinski definition) is 0. The Hall–Kier alpha value is -2.81. The van der Waals surface area contributed by atoms with Crippen LogP contribution >= 0.6 is 0 Å². The Labute approximate surface area is 154 Å². The summed E-state index contributed by atoms with van der Waals surface area (Å²) in [6.45, 7) is 6.53. The number of hydrogen-bond acceptors (Lipinski definition) is 2. The number of nitrogens with zero attached hydrogens (tertiary/aromatic N) is 1. The van der Waals surface area contributed by atoms with Gasteiger partial charge in [0.15, 0.2) is 0 Å². The lowest BCUT2D eigenvalue weighted by molar-refractivity contribution is 0.0693. The number of furan rings is 1. The fourth-order valence-electron chi connectivity index (χ4n) is 3.89. The highest BCUT2D eigenvalue weighted by Crippen LogP contribution is 2.36. The molecule has 0 fully saturated rings. The summed E-state index contributed by atoms with van der Waals surface area (Å²) < 4.78 is 5.61. The van der Waals surface area contributed by atoms with Crippen LogP contribution < -0.4 is 0 Å². The third-order valence-electron chi connectivity index (χ3n) is 5.21. The van der Waals surface area contributed by atoms with Crippen molar-refractivity contribution >= 4 is 5.91 Å². The molecule has 0 N–H and O–H groups in total. The Balaban J connectivity index is 1.81. The van der Waals surface area contributed by atoms with E-state index in [4.69, 9.17) is 4.42 Å². The van der Waals surface area contributed by atoms with E-state index in [1.807, 2.05) is 24.8 Å². The number of fused-ring (bicyclic) bond motifs is 1. The standard InChI is InChI=1S/C23H23NO2/c1-15-8-10-19(11-9-15)22-20-7-5-4-6-18(20)12-13-24(22)23(25)21-14-16(2)26-17(21)3/h4-11,14,22H,12-13H2,1-3H3. The molecule has 1 aliphatic rings. The van der Waals surface area contributed by atoms with Gasteiger partial charge in [0.2, 0.25) is 0 Å². The molecule has 4 rings (SSSR count). The van der Waals surface area contributed by atoms with Gasteiger partial charge in [-0.15, -0.1) is 0 Å². The van der Waals surface area contributed by atoms with Crippen LogP contribution in [0.5, 0.6) is 0 Å². The summed E-state index contributed by atoms with van der Waals surface area (Å²) in [5.41, 5.74) is 5.57. The normalized spacial score (nSPS) is 16.4. The maximum absolute atomic E-state index is 13.4. The quantitative estimate of drug-likeness (QED) is 0.655. The van der Waals surface area contributed by atoms with Gasteiger partial charge < -0.3 is 9.32 Å². The third-order valence-corrected chi connectivity index (χ3v) is 5.21. The minimum atomic E-state index is -0.0670. The van der Waals surface area contributed by atoms with Crippen molar-refractivity contribution in [3.63, 3.8) is 0 Å². The average Bonchev–Trinajstić information content (AvgIpc) is 2.99. The molecule has 3 heteroatoms. The van der Waals surface area contributed by atoms with Gasteiger partial charge in [0.25, 0.3) is 5.91 Å². The second-order valence-electron chi connectivity index (χ2n) is 7.09. The second kappa shape index (κ2) is 6.49. The van der Waals surface area contributed by atoms with E-state index < -0.39 is 0 Å². The second-order valence-corrected chi connectivity index (χ2v) is 7.09. The maximum atomic E-state index is 13.4. The molecule has 0 radical (unpaired) electrons. The number of aryl methyl sites for hydroxylation is 3. The monoisotopic (exact) mass is 345 g/mol. The van der Waals surface area contributed by atoms with Crippen LogP contribution in [-0.4, -0.2) is 17.4 Å². The van der Waals surface area contributed by atoms with Gasteiger partial charge in [0.05, 0.1) is 11.6 Å². The molecule has 0 spiro atoms. The number of rotatable bonds is 2. The molecule has 1 atom stereocenters. The summed E-state index contributed by atoms with van der Waals surface area (Å²) in [6.07, 6.45) is 0.875. The van der Waals surface area contributed by atoms with E-state index in [1.165, 1.54) is 16.7 Å². The fraction of sp³-hybridized carbons (Fsp3) is 0.261. The summed E-state index contributed by atoms with van der Waals surface area (Å²) >= 11 is 0. The predicted molar refractivity (Wildman–Crippen MR) is 102 cm³/mol. The van der Waals surface area contributed by atoms with Gasteiger partial charge in [0, 0.05) is 6.54 Å². The van der Waals surface area contributed by atoms with E-state index in [0.29, 0.717) is 17.9 Å². The average molecular weight is 345 g/mol. The van der Waals surface area contributed by atoms with Gasteiger partial charge in [-0.3, -0.25) is 4.79 Å². The first kappa shape index (κ1) is 16.6. The molecule has 1 aromatic heterocycles. The summed E-state index contributed by atoms with van der Waals surface area (Å²) in [5.74, 6) is 1.50. The highest BCUT2D eigenvalue weighted by molar-refractivity contribution is 5.96. The number of amides is 1. The van der Waals surface area contributed by atoms with Crippen LogP contribution in [0, 0.1) is 20.8 Å². The first-order chi connectivity index (χ1) is 12.5. The molecule has 3 aromatic rings. The van der Waals surface area contributed by atoms with Gasteiger partial charge in [-0.25, -0.2) is 0 Å². The zero-order valence-corrected chi connectivity index (χ0v) is 15.5. The summed E-state index contributed by atoms with van der Waals surface area (Å²) in [7, 11) is 0. The Morgan fingerprint density at radius 3 is 2.46 bits per heavy atom. The molecule has 0 saturated carbocycles. The van der Waals surface area contributed by atoms with E-state index in [-0.39, 0.29) is 11.9 Å². The lowest BCUT2D eigenvalue weighted by Gasteiger charge is -2.37. The molecular weight excluding hydrogens is 322 g/mol. The SMILES string of the molecule is Cc1ccc(C2c3ccccc3CCN2C(=O)c2cc(C)oc2C)cc1. The minimum absolute atomic E-state index is 0.0411. The molecule has 0 aliphatic carbocycles. The smallest absolute Gasteiger partial charge is 0.258 e. The Bertz CT molecular complexity index is 953. The van der Waals surface area contributed by atoms with Crippen LogP contribution in [-0.2, 0) is 6.42 Å². The molecule has 0 saturated heterocycles. The van der Waals surface area contributed by atoms with E-state index in [1.54, 1.807) is 0 Å². The highest BCUT2D eigenvalue weighted by Gasteiger charge is 2.33. The van der Waals surface area contributed by atoms with E-state index >= 15 is 0 Å². The maximum Gasteiger partial charge on any atom is 0.258 e. The van der Waals surface area contributed by atoms with Gasteiger partial charge in [-0.1, -0.05) is 54.1 Å². The van der Waals surface area contributed by atoms with Crippen molar-refractivity contribution in [2.75, 3.05) is 6.54 Å². The van der Waals surface area contributed by atoms with Crippen LogP contribution in [0.2, 0.25) is 0 Å². The molecule has 1 amide bonds. The molecule has 0 bridgehead atoms. The number of carbonyl (C=O) groups excluding carboxylic acids is 1. The first-order valence-corrected chi connectivity index (χ1v) is 9.07. The van der Waals surface area contributed by atoms with E-state index in [2.05, 4.69) is 55.5 Å². The van der Waals surface area contributed by atoms with E-state index in [0.717, 1.165) is 17.7 Å². The zero-order valence-electron chi connectivity index (χ0n) is 15.5. The van der Waals surface area contributed by atoms with Crippen LogP contribution in [0.15, 0.2) is 59.0 Å². The van der Waals surface area contributed by atoms with E-state index in [9.17, 15) is 4.79 Å². The number of benzene rings is 2. The van der Waals surface area contributed by atoms with Crippen molar-refractivity contribution in [1.82, 2.24) is 4.90 Å². The summed E-state index contributed by atoms with van der Waals surface area (Å²) in [6, 6.07) is 18.7. The molecule has 2 aromatic carbocycles. The zero-order chi connectivity index (χ0) is 18.3. The van der Waals surface area contributed by atoms with Gasteiger partial charge in [-0.2, -0.15) is 0 Å². The largest absolute Gasteiger partial charge is 0.466 e.